The molecule has 2 aromatic rings. The number of rotatable bonds is 3. The van der Waals surface area contributed by atoms with Crippen LogP contribution in [0, 0.1) is 5.92 Å². The summed E-state index contributed by atoms with van der Waals surface area (Å²) in [4.78, 5) is 0. The average Bonchev–Trinajstić information content (AvgIpc) is 2.73. The number of fused-ring (bicyclic) bond motifs is 3. The van der Waals surface area contributed by atoms with Crippen molar-refractivity contribution in [1.29, 1.82) is 0 Å². The molecule has 2 heteroatoms. The van der Waals surface area contributed by atoms with Gasteiger partial charge in [0.15, 0.2) is 0 Å². The molecule has 0 bridgehead atoms. The lowest BCUT2D eigenvalue weighted by atomic mass is 9.86. The lowest BCUT2D eigenvalue weighted by molar-refractivity contribution is 0.434. The molecule has 2 nitrogen and oxygen atoms in total. The molecule has 1 aromatic heterocycles. The fourth-order valence-electron chi connectivity index (χ4n) is 3.75. The molecule has 1 N–H and O–H groups in total. The van der Waals surface area contributed by atoms with Gasteiger partial charge < -0.3 is 9.88 Å². The van der Waals surface area contributed by atoms with E-state index in [1.807, 2.05) is 0 Å². The first kappa shape index (κ1) is 12.7. The Morgan fingerprint density at radius 2 is 2.21 bits per heavy atom. The Hall–Kier alpha value is -1.28. The highest BCUT2D eigenvalue weighted by Gasteiger charge is 2.24. The zero-order valence-electron chi connectivity index (χ0n) is 12.3. The van der Waals surface area contributed by atoms with Gasteiger partial charge in [0, 0.05) is 18.1 Å². The van der Waals surface area contributed by atoms with Crippen molar-refractivity contribution in [3.05, 3.63) is 35.0 Å². The molecule has 0 fully saturated rings. The largest absolute Gasteiger partial charge is 0.347 e. The fourth-order valence-corrected chi connectivity index (χ4v) is 3.75. The normalized spacial score (nSPS) is 18.8. The molecule has 0 spiro atoms. The van der Waals surface area contributed by atoms with Gasteiger partial charge in [0.1, 0.15) is 0 Å². The van der Waals surface area contributed by atoms with E-state index in [2.05, 4.69) is 49.1 Å². The second-order valence-corrected chi connectivity index (χ2v) is 5.82. The number of hydrogen-bond donors (Lipinski definition) is 1. The van der Waals surface area contributed by atoms with Crippen LogP contribution in [0.3, 0.4) is 0 Å². The highest BCUT2D eigenvalue weighted by atomic mass is 15.0. The van der Waals surface area contributed by atoms with Crippen LogP contribution in [0.1, 0.15) is 30.2 Å². The zero-order chi connectivity index (χ0) is 13.4. The van der Waals surface area contributed by atoms with Gasteiger partial charge in [0.25, 0.3) is 0 Å². The van der Waals surface area contributed by atoms with Gasteiger partial charge in [-0.2, -0.15) is 0 Å². The third-order valence-corrected chi connectivity index (χ3v) is 4.69. The van der Waals surface area contributed by atoms with E-state index in [1.54, 1.807) is 11.3 Å². The maximum atomic E-state index is 3.34. The molecule has 0 saturated carbocycles. The fraction of sp³-hybridized carbons (Fsp3) is 0.529. The van der Waals surface area contributed by atoms with Crippen molar-refractivity contribution in [3.8, 4) is 0 Å². The van der Waals surface area contributed by atoms with E-state index in [9.17, 15) is 0 Å². The monoisotopic (exact) mass is 256 g/mol. The van der Waals surface area contributed by atoms with Gasteiger partial charge in [-0.25, -0.2) is 0 Å². The minimum absolute atomic E-state index is 0.799. The Labute approximate surface area is 115 Å². The molecule has 0 amide bonds. The van der Waals surface area contributed by atoms with E-state index < -0.39 is 0 Å². The number of aromatic nitrogens is 1. The lowest BCUT2D eigenvalue weighted by Gasteiger charge is -2.23. The first-order chi connectivity index (χ1) is 9.26. The Morgan fingerprint density at radius 1 is 1.37 bits per heavy atom. The van der Waals surface area contributed by atoms with Crippen LogP contribution in [-0.2, 0) is 26.3 Å². The standard InChI is InChI=1S/C17H24N2/c1-4-13-6-5-7-14-15-10-12(11-18-2)8-9-16(15)19(3)17(13)14/h5-7,12,18H,4,8-11H2,1-3H3. The smallest absolute Gasteiger partial charge is 0.0515 e. The molecule has 3 rings (SSSR count). The first-order valence-electron chi connectivity index (χ1n) is 7.48. The third-order valence-electron chi connectivity index (χ3n) is 4.69. The summed E-state index contributed by atoms with van der Waals surface area (Å²) in [7, 11) is 4.31. The molecule has 19 heavy (non-hydrogen) atoms. The zero-order valence-corrected chi connectivity index (χ0v) is 12.3. The molecule has 1 atom stereocenters. The summed E-state index contributed by atoms with van der Waals surface area (Å²) in [6.07, 6.45) is 4.91. The molecule has 0 radical (unpaired) electrons. The van der Waals surface area contributed by atoms with Crippen LogP contribution >= 0.6 is 0 Å². The van der Waals surface area contributed by atoms with Crippen LogP contribution in [0.25, 0.3) is 10.9 Å². The molecule has 0 saturated heterocycles. The van der Waals surface area contributed by atoms with Crippen LogP contribution in [0.4, 0.5) is 0 Å². The van der Waals surface area contributed by atoms with Crippen molar-refractivity contribution in [2.45, 2.75) is 32.6 Å². The van der Waals surface area contributed by atoms with E-state index in [4.69, 9.17) is 0 Å². The molecule has 1 aliphatic rings. The molecular weight excluding hydrogens is 232 g/mol. The summed E-state index contributed by atoms with van der Waals surface area (Å²) >= 11 is 0. The first-order valence-corrected chi connectivity index (χ1v) is 7.48. The molecular formula is C17H24N2. The summed E-state index contributed by atoms with van der Waals surface area (Å²) in [5.41, 5.74) is 6.14. The summed E-state index contributed by atoms with van der Waals surface area (Å²) in [6, 6.07) is 6.82. The highest BCUT2D eigenvalue weighted by Crippen LogP contribution is 2.35. The van der Waals surface area contributed by atoms with Gasteiger partial charge in [-0.15, -0.1) is 0 Å². The number of para-hydroxylation sites is 1. The Morgan fingerprint density at radius 3 is 2.95 bits per heavy atom. The Kier molecular flexibility index (Phi) is 3.36. The minimum Gasteiger partial charge on any atom is -0.347 e. The van der Waals surface area contributed by atoms with Gasteiger partial charge >= 0.3 is 0 Å². The number of aryl methyl sites for hydroxylation is 2. The number of nitrogens with one attached hydrogen (secondary N) is 1. The van der Waals surface area contributed by atoms with Crippen LogP contribution in [0.5, 0.6) is 0 Å². The molecule has 0 aliphatic heterocycles. The van der Waals surface area contributed by atoms with Gasteiger partial charge in [-0.3, -0.25) is 0 Å². The number of nitrogens with zero attached hydrogens (tertiary/aromatic N) is 1. The summed E-state index contributed by atoms with van der Waals surface area (Å²) < 4.78 is 2.46. The lowest BCUT2D eigenvalue weighted by Crippen LogP contribution is -2.25. The topological polar surface area (TPSA) is 17.0 Å². The second kappa shape index (κ2) is 5.01. The molecule has 1 aromatic carbocycles. The maximum absolute atomic E-state index is 3.34. The van der Waals surface area contributed by atoms with Crippen molar-refractivity contribution in [2.24, 2.45) is 13.0 Å². The minimum atomic E-state index is 0.799. The van der Waals surface area contributed by atoms with Crippen LogP contribution in [0.15, 0.2) is 18.2 Å². The van der Waals surface area contributed by atoms with E-state index >= 15 is 0 Å². The number of hydrogen-bond acceptors (Lipinski definition) is 1. The van der Waals surface area contributed by atoms with E-state index in [1.165, 1.54) is 35.7 Å². The summed E-state index contributed by atoms with van der Waals surface area (Å²) in [5, 5.41) is 4.84. The van der Waals surface area contributed by atoms with Crippen molar-refractivity contribution >= 4 is 10.9 Å². The van der Waals surface area contributed by atoms with Crippen molar-refractivity contribution in [2.75, 3.05) is 13.6 Å². The summed E-state index contributed by atoms with van der Waals surface area (Å²) in [6.45, 7) is 3.40. The van der Waals surface area contributed by atoms with Crippen molar-refractivity contribution < 1.29 is 0 Å². The average molecular weight is 256 g/mol. The predicted molar refractivity (Wildman–Crippen MR) is 81.7 cm³/mol. The quantitative estimate of drug-likeness (QED) is 0.893. The van der Waals surface area contributed by atoms with Gasteiger partial charge in [0.05, 0.1) is 5.52 Å². The molecule has 1 aliphatic carbocycles. The van der Waals surface area contributed by atoms with Crippen LogP contribution < -0.4 is 5.32 Å². The highest BCUT2D eigenvalue weighted by molar-refractivity contribution is 5.88. The number of benzene rings is 1. The third kappa shape index (κ3) is 1.99. The Balaban J connectivity index is 2.14. The van der Waals surface area contributed by atoms with Gasteiger partial charge in [-0.05, 0) is 56.3 Å². The van der Waals surface area contributed by atoms with Crippen molar-refractivity contribution in [1.82, 2.24) is 9.88 Å². The molecule has 1 unspecified atom stereocenters. The van der Waals surface area contributed by atoms with Crippen LogP contribution in [-0.4, -0.2) is 18.2 Å². The van der Waals surface area contributed by atoms with E-state index in [-0.39, 0.29) is 0 Å². The maximum Gasteiger partial charge on any atom is 0.0515 e. The summed E-state index contributed by atoms with van der Waals surface area (Å²) in [5.74, 6) is 0.799. The Bertz CT molecular complexity index is 595. The molecule has 1 heterocycles. The second-order valence-electron chi connectivity index (χ2n) is 5.82. The van der Waals surface area contributed by atoms with E-state index in [0.29, 0.717) is 0 Å². The molecule has 102 valence electrons. The SMILES string of the molecule is CCc1cccc2c3c(n(C)c12)CCC(CNC)C3. The van der Waals surface area contributed by atoms with Crippen molar-refractivity contribution in [3.63, 3.8) is 0 Å². The van der Waals surface area contributed by atoms with Gasteiger partial charge in [-0.1, -0.05) is 25.1 Å². The van der Waals surface area contributed by atoms with Gasteiger partial charge in [0.2, 0.25) is 0 Å². The van der Waals surface area contributed by atoms with Crippen LogP contribution in [0.2, 0.25) is 0 Å². The predicted octanol–water partition coefficient (Wildman–Crippen LogP) is 3.07. The van der Waals surface area contributed by atoms with E-state index in [0.717, 1.165) is 18.9 Å².